The zero-order valence-electron chi connectivity index (χ0n) is 10.5. The van der Waals surface area contributed by atoms with Gasteiger partial charge in [-0.25, -0.2) is 4.39 Å². The van der Waals surface area contributed by atoms with Crippen molar-refractivity contribution in [2.24, 2.45) is 0 Å². The molecule has 0 saturated heterocycles. The van der Waals surface area contributed by atoms with E-state index in [1.807, 2.05) is 31.2 Å². The van der Waals surface area contributed by atoms with E-state index < -0.39 is 5.82 Å². The summed E-state index contributed by atoms with van der Waals surface area (Å²) in [6.45, 7) is 2.37. The van der Waals surface area contributed by atoms with Crippen LogP contribution in [0.15, 0.2) is 42.5 Å². The molecule has 4 heteroatoms. The molecule has 0 radical (unpaired) electrons. The summed E-state index contributed by atoms with van der Waals surface area (Å²) in [5, 5.41) is 13.5. The van der Waals surface area contributed by atoms with Gasteiger partial charge in [0.2, 0.25) is 0 Å². The van der Waals surface area contributed by atoms with Crippen molar-refractivity contribution in [2.45, 2.75) is 19.5 Å². The van der Waals surface area contributed by atoms with Gasteiger partial charge in [-0.1, -0.05) is 35.9 Å². The Hall–Kier alpha value is -1.58. The molecule has 0 fully saturated rings. The Bertz CT molecular complexity index is 574. The second kappa shape index (κ2) is 6.04. The third kappa shape index (κ3) is 3.46. The molecule has 0 saturated carbocycles. The molecule has 1 atom stereocenters. The normalized spacial score (nSPS) is 12.4. The predicted octanol–water partition coefficient (Wildman–Crippen LogP) is 4.04. The highest BCUT2D eigenvalue weighted by Gasteiger charge is 2.09. The number of halogens is 2. The first-order chi connectivity index (χ1) is 9.08. The third-order valence-electron chi connectivity index (χ3n) is 3.02. The number of aromatic hydroxyl groups is 1. The number of hydrogen-bond donors (Lipinski definition) is 2. The molecule has 19 heavy (non-hydrogen) atoms. The summed E-state index contributed by atoms with van der Waals surface area (Å²) in [4.78, 5) is 0. The van der Waals surface area contributed by atoms with Crippen LogP contribution in [0.3, 0.4) is 0 Å². The Kier molecular flexibility index (Phi) is 4.40. The smallest absolute Gasteiger partial charge is 0.165 e. The molecule has 0 aliphatic carbocycles. The summed E-state index contributed by atoms with van der Waals surface area (Å²) in [7, 11) is 0. The van der Waals surface area contributed by atoms with Crippen molar-refractivity contribution in [3.63, 3.8) is 0 Å². The van der Waals surface area contributed by atoms with Crippen molar-refractivity contribution in [3.8, 4) is 5.75 Å². The Morgan fingerprint density at radius 2 is 2.00 bits per heavy atom. The molecule has 2 rings (SSSR count). The topological polar surface area (TPSA) is 32.3 Å². The molecule has 2 aromatic rings. The first kappa shape index (κ1) is 13.8. The van der Waals surface area contributed by atoms with Crippen LogP contribution >= 0.6 is 11.6 Å². The molecule has 0 heterocycles. The van der Waals surface area contributed by atoms with Crippen LogP contribution < -0.4 is 5.32 Å². The second-order valence-electron chi connectivity index (χ2n) is 4.41. The molecular weight excluding hydrogens is 265 g/mol. The number of benzene rings is 2. The van der Waals surface area contributed by atoms with E-state index in [9.17, 15) is 9.50 Å². The first-order valence-electron chi connectivity index (χ1n) is 6.03. The fraction of sp³-hybridized carbons (Fsp3) is 0.200. The van der Waals surface area contributed by atoms with Crippen molar-refractivity contribution >= 4 is 11.6 Å². The number of phenols is 1. The van der Waals surface area contributed by atoms with Crippen molar-refractivity contribution in [1.29, 1.82) is 0 Å². The zero-order valence-corrected chi connectivity index (χ0v) is 11.3. The minimum absolute atomic E-state index is 0.0568. The zero-order chi connectivity index (χ0) is 13.8. The van der Waals surface area contributed by atoms with Crippen LogP contribution in [-0.2, 0) is 6.54 Å². The first-order valence-corrected chi connectivity index (χ1v) is 6.41. The summed E-state index contributed by atoms with van der Waals surface area (Å²) >= 11 is 5.93. The molecule has 2 aromatic carbocycles. The summed E-state index contributed by atoms with van der Waals surface area (Å²) in [6, 6.07) is 12.1. The summed E-state index contributed by atoms with van der Waals surface area (Å²) < 4.78 is 13.2. The summed E-state index contributed by atoms with van der Waals surface area (Å²) in [6.07, 6.45) is 0. The number of para-hydroxylation sites is 1. The van der Waals surface area contributed by atoms with E-state index in [2.05, 4.69) is 5.32 Å². The number of rotatable bonds is 4. The van der Waals surface area contributed by atoms with E-state index in [1.54, 1.807) is 12.1 Å². The van der Waals surface area contributed by atoms with Crippen molar-refractivity contribution < 1.29 is 9.50 Å². The maximum atomic E-state index is 13.2. The van der Waals surface area contributed by atoms with Crippen LogP contribution in [0.1, 0.15) is 24.1 Å². The molecule has 0 aliphatic rings. The lowest BCUT2D eigenvalue weighted by Gasteiger charge is -2.15. The quantitative estimate of drug-likeness (QED) is 0.885. The molecule has 2 nitrogen and oxygen atoms in total. The van der Waals surface area contributed by atoms with E-state index in [-0.39, 0.29) is 11.8 Å². The van der Waals surface area contributed by atoms with Crippen LogP contribution in [0.4, 0.5) is 4.39 Å². The van der Waals surface area contributed by atoms with Gasteiger partial charge in [0.1, 0.15) is 0 Å². The van der Waals surface area contributed by atoms with Crippen molar-refractivity contribution in [1.82, 2.24) is 5.32 Å². The van der Waals surface area contributed by atoms with Crippen LogP contribution in [0.25, 0.3) is 0 Å². The van der Waals surface area contributed by atoms with Gasteiger partial charge in [0, 0.05) is 23.2 Å². The van der Waals surface area contributed by atoms with Gasteiger partial charge >= 0.3 is 0 Å². The highest BCUT2D eigenvalue weighted by atomic mass is 35.5. The molecule has 0 aliphatic heterocycles. The van der Waals surface area contributed by atoms with Crippen LogP contribution in [0.2, 0.25) is 5.02 Å². The Morgan fingerprint density at radius 1 is 1.26 bits per heavy atom. The minimum atomic E-state index is -0.602. The molecule has 1 unspecified atom stereocenters. The third-order valence-corrected chi connectivity index (χ3v) is 3.25. The molecule has 0 aromatic heterocycles. The lowest BCUT2D eigenvalue weighted by Crippen LogP contribution is -2.18. The SMILES string of the molecule is CC(NCc1cccc(F)c1O)c1cccc(Cl)c1. The van der Waals surface area contributed by atoms with Crippen molar-refractivity contribution in [2.75, 3.05) is 0 Å². The van der Waals surface area contributed by atoms with Gasteiger partial charge in [-0.15, -0.1) is 0 Å². The van der Waals surface area contributed by atoms with Gasteiger partial charge in [0.25, 0.3) is 0 Å². The molecule has 0 spiro atoms. The van der Waals surface area contributed by atoms with E-state index in [0.29, 0.717) is 17.1 Å². The van der Waals surface area contributed by atoms with Crippen LogP contribution in [-0.4, -0.2) is 5.11 Å². The summed E-state index contributed by atoms with van der Waals surface area (Å²) in [5.41, 5.74) is 1.58. The van der Waals surface area contributed by atoms with Gasteiger partial charge in [-0.2, -0.15) is 0 Å². The van der Waals surface area contributed by atoms with Gasteiger partial charge in [-0.05, 0) is 30.7 Å². The average molecular weight is 280 g/mol. The van der Waals surface area contributed by atoms with Gasteiger partial charge in [0.15, 0.2) is 11.6 Å². The lowest BCUT2D eigenvalue weighted by molar-refractivity contribution is 0.421. The Balaban J connectivity index is 2.04. The van der Waals surface area contributed by atoms with E-state index in [0.717, 1.165) is 5.56 Å². The molecule has 2 N–H and O–H groups in total. The molecular formula is C15H15ClFNO. The number of phenolic OH excluding ortho intramolecular Hbond substituents is 1. The largest absolute Gasteiger partial charge is 0.505 e. The van der Waals surface area contributed by atoms with E-state index in [1.165, 1.54) is 6.07 Å². The monoisotopic (exact) mass is 279 g/mol. The van der Waals surface area contributed by atoms with E-state index in [4.69, 9.17) is 11.6 Å². The fourth-order valence-corrected chi connectivity index (χ4v) is 2.06. The predicted molar refractivity (Wildman–Crippen MR) is 74.8 cm³/mol. The highest BCUT2D eigenvalue weighted by molar-refractivity contribution is 6.30. The van der Waals surface area contributed by atoms with Crippen LogP contribution in [0.5, 0.6) is 5.75 Å². The molecule has 0 amide bonds. The summed E-state index contributed by atoms with van der Waals surface area (Å²) in [5.74, 6) is -0.900. The average Bonchev–Trinajstić information content (AvgIpc) is 2.40. The maximum Gasteiger partial charge on any atom is 0.165 e. The van der Waals surface area contributed by atoms with E-state index >= 15 is 0 Å². The molecule has 0 bridgehead atoms. The van der Waals surface area contributed by atoms with Gasteiger partial charge in [0.05, 0.1) is 0 Å². The minimum Gasteiger partial charge on any atom is -0.505 e. The fourth-order valence-electron chi connectivity index (χ4n) is 1.86. The lowest BCUT2D eigenvalue weighted by atomic mass is 10.1. The van der Waals surface area contributed by atoms with Crippen molar-refractivity contribution in [3.05, 3.63) is 64.4 Å². The van der Waals surface area contributed by atoms with Crippen LogP contribution in [0, 0.1) is 5.82 Å². The maximum absolute atomic E-state index is 13.2. The number of hydrogen-bond acceptors (Lipinski definition) is 2. The van der Waals surface area contributed by atoms with Gasteiger partial charge in [-0.3, -0.25) is 0 Å². The number of nitrogens with one attached hydrogen (secondary N) is 1. The standard InChI is InChI=1S/C15H15ClFNO/c1-10(11-4-2-6-13(16)8-11)18-9-12-5-3-7-14(17)15(12)19/h2-8,10,18-19H,9H2,1H3. The Labute approximate surface area is 116 Å². The Morgan fingerprint density at radius 3 is 2.74 bits per heavy atom. The second-order valence-corrected chi connectivity index (χ2v) is 4.84. The molecule has 100 valence electrons. The highest BCUT2D eigenvalue weighted by Crippen LogP contribution is 2.22. The van der Waals surface area contributed by atoms with Gasteiger partial charge < -0.3 is 10.4 Å².